The fourth-order valence-corrected chi connectivity index (χ4v) is 4.08. The predicted molar refractivity (Wildman–Crippen MR) is 97.6 cm³/mol. The second-order valence-corrected chi connectivity index (χ2v) is 7.04. The van der Waals surface area contributed by atoms with E-state index in [-0.39, 0.29) is 23.1 Å². The quantitative estimate of drug-likeness (QED) is 0.835. The van der Waals surface area contributed by atoms with Crippen LogP contribution in [0.15, 0.2) is 48.8 Å². The largest absolute Gasteiger partial charge is 0.336 e. The second-order valence-electron chi connectivity index (χ2n) is 7.04. The molecule has 26 heavy (non-hydrogen) atoms. The lowest BCUT2D eigenvalue weighted by Crippen LogP contribution is -2.54. The van der Waals surface area contributed by atoms with Crippen molar-refractivity contribution in [2.24, 2.45) is 5.41 Å². The topological polar surface area (TPSA) is 66.4 Å². The number of aromatic nitrogens is 2. The van der Waals surface area contributed by atoms with Gasteiger partial charge in [0.05, 0.1) is 5.41 Å². The summed E-state index contributed by atoms with van der Waals surface area (Å²) < 4.78 is 0. The van der Waals surface area contributed by atoms with Gasteiger partial charge in [0.25, 0.3) is 5.91 Å². The number of rotatable bonds is 2. The number of para-hydroxylation sites is 1. The molecule has 4 rings (SSSR count). The lowest BCUT2D eigenvalue weighted by Gasteiger charge is -2.46. The number of piperidine rings is 2. The Morgan fingerprint density at radius 1 is 0.923 bits per heavy atom. The van der Waals surface area contributed by atoms with Gasteiger partial charge in [0.1, 0.15) is 0 Å². The maximum absolute atomic E-state index is 13.2. The summed E-state index contributed by atoms with van der Waals surface area (Å²) in [7, 11) is 0. The molecule has 2 aromatic rings. The van der Waals surface area contributed by atoms with Gasteiger partial charge in [-0.05, 0) is 43.9 Å². The summed E-state index contributed by atoms with van der Waals surface area (Å²) in [5.41, 5.74) is 0.621. The van der Waals surface area contributed by atoms with Gasteiger partial charge in [-0.3, -0.25) is 9.59 Å². The number of amides is 2. The second kappa shape index (κ2) is 6.86. The lowest BCUT2D eigenvalue weighted by atomic mass is 9.71. The van der Waals surface area contributed by atoms with Crippen LogP contribution in [0.2, 0.25) is 0 Å². The summed E-state index contributed by atoms with van der Waals surface area (Å²) in [6.45, 7) is 1.92. The van der Waals surface area contributed by atoms with Crippen LogP contribution in [0, 0.1) is 5.41 Å². The fraction of sp³-hybridized carbons (Fsp3) is 0.400. The molecule has 0 bridgehead atoms. The van der Waals surface area contributed by atoms with Gasteiger partial charge in [0, 0.05) is 37.7 Å². The highest BCUT2D eigenvalue weighted by atomic mass is 16.2. The molecule has 1 spiro atoms. The Hall–Kier alpha value is -2.76. The summed E-state index contributed by atoms with van der Waals surface area (Å²) in [4.78, 5) is 37.6. The van der Waals surface area contributed by atoms with E-state index in [2.05, 4.69) is 9.97 Å². The Labute approximate surface area is 152 Å². The van der Waals surface area contributed by atoms with Gasteiger partial charge in [-0.2, -0.15) is 0 Å². The molecule has 2 fully saturated rings. The first kappa shape index (κ1) is 16.7. The van der Waals surface area contributed by atoms with E-state index < -0.39 is 0 Å². The molecule has 0 saturated carbocycles. The van der Waals surface area contributed by atoms with Crippen molar-refractivity contribution in [3.05, 3.63) is 54.6 Å². The summed E-state index contributed by atoms with van der Waals surface area (Å²) >= 11 is 0. The summed E-state index contributed by atoms with van der Waals surface area (Å²) in [5, 5.41) is 0. The summed E-state index contributed by atoms with van der Waals surface area (Å²) in [5.74, 6) is 0.283. The van der Waals surface area contributed by atoms with Crippen molar-refractivity contribution in [2.45, 2.75) is 25.7 Å². The highest BCUT2D eigenvalue weighted by Crippen LogP contribution is 2.42. The Morgan fingerprint density at radius 2 is 1.62 bits per heavy atom. The van der Waals surface area contributed by atoms with Gasteiger partial charge in [0.2, 0.25) is 11.7 Å². The zero-order valence-corrected chi connectivity index (χ0v) is 14.7. The Kier molecular flexibility index (Phi) is 4.41. The zero-order chi connectivity index (χ0) is 18.0. The number of benzene rings is 1. The number of carbonyl (C=O) groups excluding carboxylic acids is 2. The predicted octanol–water partition coefficient (Wildman–Crippen LogP) is 2.53. The standard InChI is InChI=1S/C20H22N4O2/c25-18(17-21-11-5-12-22-17)23-14-9-20(10-15-23)8-4-13-24(19(20)26)16-6-2-1-3-7-16/h1-3,5-7,11-12H,4,8-10,13-15H2. The summed E-state index contributed by atoms with van der Waals surface area (Å²) in [6, 6.07) is 11.6. The minimum atomic E-state index is -0.345. The van der Waals surface area contributed by atoms with Gasteiger partial charge >= 0.3 is 0 Å². The van der Waals surface area contributed by atoms with Crippen molar-refractivity contribution in [2.75, 3.05) is 24.5 Å². The number of hydrogen-bond donors (Lipinski definition) is 0. The minimum absolute atomic E-state index is 0.149. The van der Waals surface area contributed by atoms with Crippen LogP contribution in [0.25, 0.3) is 0 Å². The highest BCUT2D eigenvalue weighted by molar-refractivity contribution is 5.98. The monoisotopic (exact) mass is 350 g/mol. The average molecular weight is 350 g/mol. The van der Waals surface area contributed by atoms with E-state index in [9.17, 15) is 9.59 Å². The van der Waals surface area contributed by atoms with E-state index in [0.717, 1.165) is 25.1 Å². The van der Waals surface area contributed by atoms with Gasteiger partial charge in [0.15, 0.2) is 0 Å². The first-order chi connectivity index (χ1) is 12.7. The third-order valence-corrected chi connectivity index (χ3v) is 5.57. The number of likely N-dealkylation sites (tertiary alicyclic amines) is 1. The Balaban J connectivity index is 1.47. The van der Waals surface area contributed by atoms with Gasteiger partial charge < -0.3 is 9.80 Å². The van der Waals surface area contributed by atoms with Crippen LogP contribution in [0.3, 0.4) is 0 Å². The molecule has 2 aliphatic rings. The molecule has 0 aliphatic carbocycles. The maximum atomic E-state index is 13.2. The van der Waals surface area contributed by atoms with E-state index in [1.807, 2.05) is 35.2 Å². The first-order valence-electron chi connectivity index (χ1n) is 9.13. The third-order valence-electron chi connectivity index (χ3n) is 5.57. The molecule has 0 N–H and O–H groups in total. The molecule has 1 aromatic heterocycles. The molecule has 3 heterocycles. The Morgan fingerprint density at radius 3 is 2.31 bits per heavy atom. The molecule has 0 unspecified atom stereocenters. The molecule has 2 amide bonds. The van der Waals surface area contributed by atoms with Crippen LogP contribution < -0.4 is 4.90 Å². The normalized spacial score (nSPS) is 19.6. The van der Waals surface area contributed by atoms with Crippen molar-refractivity contribution in [1.29, 1.82) is 0 Å². The Bertz CT molecular complexity index is 786. The van der Waals surface area contributed by atoms with Crippen molar-refractivity contribution in [3.8, 4) is 0 Å². The van der Waals surface area contributed by atoms with Gasteiger partial charge in [-0.25, -0.2) is 9.97 Å². The molecule has 1 aromatic carbocycles. The number of anilines is 1. The first-order valence-corrected chi connectivity index (χ1v) is 9.13. The molecule has 6 heteroatoms. The number of carbonyl (C=O) groups is 2. The van der Waals surface area contributed by atoms with Gasteiger partial charge in [-0.1, -0.05) is 18.2 Å². The molecular formula is C20H22N4O2. The van der Waals surface area contributed by atoms with E-state index in [1.165, 1.54) is 0 Å². The maximum Gasteiger partial charge on any atom is 0.291 e. The SMILES string of the molecule is O=C(c1ncccn1)N1CCC2(CCCN(c3ccccc3)C2=O)CC1. The molecule has 2 aliphatic heterocycles. The number of hydrogen-bond acceptors (Lipinski definition) is 4. The van der Waals surface area contributed by atoms with Gasteiger partial charge in [-0.15, -0.1) is 0 Å². The molecule has 0 atom stereocenters. The summed E-state index contributed by atoms with van der Waals surface area (Å²) in [6.07, 6.45) is 6.46. The number of nitrogens with zero attached hydrogens (tertiary/aromatic N) is 4. The molecule has 2 saturated heterocycles. The van der Waals surface area contributed by atoms with Crippen molar-refractivity contribution < 1.29 is 9.59 Å². The fourth-order valence-electron chi connectivity index (χ4n) is 4.08. The van der Waals surface area contributed by atoms with E-state index >= 15 is 0 Å². The smallest absolute Gasteiger partial charge is 0.291 e. The average Bonchev–Trinajstić information content (AvgIpc) is 2.71. The third kappa shape index (κ3) is 2.96. The van der Waals surface area contributed by atoms with Crippen molar-refractivity contribution in [1.82, 2.24) is 14.9 Å². The van der Waals surface area contributed by atoms with Crippen LogP contribution in [0.4, 0.5) is 5.69 Å². The van der Waals surface area contributed by atoms with Crippen LogP contribution in [0.1, 0.15) is 36.3 Å². The molecular weight excluding hydrogens is 328 g/mol. The van der Waals surface area contributed by atoms with Crippen LogP contribution in [-0.2, 0) is 4.79 Å². The molecule has 134 valence electrons. The van der Waals surface area contributed by atoms with Crippen LogP contribution in [-0.4, -0.2) is 46.3 Å². The molecule has 6 nitrogen and oxygen atoms in total. The highest BCUT2D eigenvalue weighted by Gasteiger charge is 2.46. The lowest BCUT2D eigenvalue weighted by molar-refractivity contribution is -0.133. The zero-order valence-electron chi connectivity index (χ0n) is 14.7. The van der Waals surface area contributed by atoms with Crippen LogP contribution >= 0.6 is 0 Å². The van der Waals surface area contributed by atoms with Crippen molar-refractivity contribution >= 4 is 17.5 Å². The van der Waals surface area contributed by atoms with Crippen LogP contribution in [0.5, 0.6) is 0 Å². The van der Waals surface area contributed by atoms with E-state index in [4.69, 9.17) is 0 Å². The van der Waals surface area contributed by atoms with E-state index in [1.54, 1.807) is 23.4 Å². The molecule has 0 radical (unpaired) electrons. The van der Waals surface area contributed by atoms with Crippen molar-refractivity contribution in [3.63, 3.8) is 0 Å². The van der Waals surface area contributed by atoms with E-state index in [0.29, 0.717) is 25.9 Å². The minimum Gasteiger partial charge on any atom is -0.336 e.